The van der Waals surface area contributed by atoms with Gasteiger partial charge in [-0.2, -0.15) is 0 Å². The highest BCUT2D eigenvalue weighted by atomic mass is 79.9. The summed E-state index contributed by atoms with van der Waals surface area (Å²) >= 11 is 3.08. The van der Waals surface area contributed by atoms with Crippen LogP contribution in [0.4, 0.5) is 0 Å². The van der Waals surface area contributed by atoms with Gasteiger partial charge in [-0.1, -0.05) is 22.0 Å². The molecular weight excluding hydrogens is 290 g/mol. The molecule has 1 atom stereocenters. The number of carbonyl (C=O) groups is 2. The molecule has 0 fully saturated rings. The SMILES string of the molecule is COC(=O)C(Br)CNC(=O)c1cccc(O)c1. The van der Waals surface area contributed by atoms with Gasteiger partial charge >= 0.3 is 5.97 Å². The number of ether oxygens (including phenoxy) is 1. The van der Waals surface area contributed by atoms with Crippen LogP contribution in [0.2, 0.25) is 0 Å². The number of phenolic OH excluding ortho intramolecular Hbond substituents is 1. The van der Waals surface area contributed by atoms with Crippen LogP contribution in [0.15, 0.2) is 24.3 Å². The fourth-order valence-electron chi connectivity index (χ4n) is 1.14. The summed E-state index contributed by atoms with van der Waals surface area (Å²) in [7, 11) is 1.27. The zero-order chi connectivity index (χ0) is 12.8. The summed E-state index contributed by atoms with van der Waals surface area (Å²) in [5, 5.41) is 11.7. The first-order valence-corrected chi connectivity index (χ1v) is 5.75. The average molecular weight is 302 g/mol. The van der Waals surface area contributed by atoms with Crippen LogP contribution in [0, 0.1) is 0 Å². The summed E-state index contributed by atoms with van der Waals surface area (Å²) in [5.74, 6) is -0.809. The lowest BCUT2D eigenvalue weighted by Crippen LogP contribution is -2.33. The fraction of sp³-hybridized carbons (Fsp3) is 0.273. The quantitative estimate of drug-likeness (QED) is 0.644. The number of nitrogens with one attached hydrogen (secondary N) is 1. The normalized spacial score (nSPS) is 11.6. The standard InChI is InChI=1S/C11H12BrNO4/c1-17-11(16)9(12)6-13-10(15)7-3-2-4-8(14)5-7/h2-5,9,14H,6H2,1H3,(H,13,15). The Balaban J connectivity index is 2.53. The first-order valence-electron chi connectivity index (χ1n) is 4.83. The molecule has 1 aromatic carbocycles. The molecule has 1 rings (SSSR count). The lowest BCUT2D eigenvalue weighted by molar-refractivity contribution is -0.139. The molecule has 5 nitrogen and oxygen atoms in total. The van der Waals surface area contributed by atoms with Crippen molar-refractivity contribution in [2.24, 2.45) is 0 Å². The number of halogens is 1. The molecule has 0 spiro atoms. The van der Waals surface area contributed by atoms with Crippen LogP contribution in [-0.4, -0.2) is 35.5 Å². The van der Waals surface area contributed by atoms with Gasteiger partial charge in [-0.05, 0) is 18.2 Å². The summed E-state index contributed by atoms with van der Waals surface area (Å²) in [6, 6.07) is 5.95. The molecule has 0 aliphatic carbocycles. The van der Waals surface area contributed by atoms with E-state index in [-0.39, 0.29) is 18.2 Å². The zero-order valence-electron chi connectivity index (χ0n) is 9.14. The molecule has 92 valence electrons. The van der Waals surface area contributed by atoms with E-state index in [4.69, 9.17) is 0 Å². The first-order chi connectivity index (χ1) is 8.04. The van der Waals surface area contributed by atoms with Crippen molar-refractivity contribution < 1.29 is 19.4 Å². The minimum absolute atomic E-state index is 0.0148. The van der Waals surface area contributed by atoms with E-state index in [1.54, 1.807) is 12.1 Å². The van der Waals surface area contributed by atoms with E-state index in [0.717, 1.165) is 0 Å². The van der Waals surface area contributed by atoms with Crippen molar-refractivity contribution in [2.75, 3.05) is 13.7 Å². The Hall–Kier alpha value is -1.56. The van der Waals surface area contributed by atoms with Gasteiger partial charge in [0.1, 0.15) is 10.6 Å². The van der Waals surface area contributed by atoms with E-state index in [1.165, 1.54) is 19.2 Å². The topological polar surface area (TPSA) is 75.6 Å². The molecule has 0 heterocycles. The van der Waals surface area contributed by atoms with E-state index in [1.807, 2.05) is 0 Å². The van der Waals surface area contributed by atoms with Gasteiger partial charge in [0.05, 0.1) is 7.11 Å². The van der Waals surface area contributed by atoms with Gasteiger partial charge in [-0.25, -0.2) is 0 Å². The number of benzene rings is 1. The molecule has 6 heteroatoms. The summed E-state index contributed by atoms with van der Waals surface area (Å²) < 4.78 is 4.49. The van der Waals surface area contributed by atoms with E-state index in [0.29, 0.717) is 5.56 Å². The second-order valence-electron chi connectivity index (χ2n) is 3.25. The molecule has 0 radical (unpaired) electrons. The van der Waals surface area contributed by atoms with Crippen molar-refractivity contribution in [3.05, 3.63) is 29.8 Å². The molecular formula is C11H12BrNO4. The molecule has 0 saturated carbocycles. The van der Waals surface area contributed by atoms with Crippen LogP contribution in [0.5, 0.6) is 5.75 Å². The van der Waals surface area contributed by atoms with Crippen molar-refractivity contribution in [3.63, 3.8) is 0 Å². The lowest BCUT2D eigenvalue weighted by Gasteiger charge is -2.09. The summed E-state index contributed by atoms with van der Waals surface area (Å²) in [5.41, 5.74) is 0.328. The van der Waals surface area contributed by atoms with E-state index >= 15 is 0 Å². The second kappa shape index (κ2) is 6.24. The summed E-state index contributed by atoms with van der Waals surface area (Å²) in [6.45, 7) is 0.112. The third kappa shape index (κ3) is 4.07. The zero-order valence-corrected chi connectivity index (χ0v) is 10.7. The second-order valence-corrected chi connectivity index (χ2v) is 4.36. The van der Waals surface area contributed by atoms with E-state index in [9.17, 15) is 14.7 Å². The number of aromatic hydroxyl groups is 1. The Morgan fingerprint density at radius 1 is 1.53 bits per heavy atom. The van der Waals surface area contributed by atoms with Crippen LogP contribution in [0.25, 0.3) is 0 Å². The molecule has 17 heavy (non-hydrogen) atoms. The minimum Gasteiger partial charge on any atom is -0.508 e. The Morgan fingerprint density at radius 2 is 2.24 bits per heavy atom. The van der Waals surface area contributed by atoms with Crippen LogP contribution in [0.1, 0.15) is 10.4 Å². The average Bonchev–Trinajstić information content (AvgIpc) is 2.34. The van der Waals surface area contributed by atoms with Crippen molar-refractivity contribution >= 4 is 27.8 Å². The Morgan fingerprint density at radius 3 is 2.82 bits per heavy atom. The number of alkyl halides is 1. The number of hydrogen-bond donors (Lipinski definition) is 2. The molecule has 2 N–H and O–H groups in total. The van der Waals surface area contributed by atoms with E-state index in [2.05, 4.69) is 26.0 Å². The van der Waals surface area contributed by atoms with Gasteiger partial charge in [0.25, 0.3) is 5.91 Å². The lowest BCUT2D eigenvalue weighted by atomic mass is 10.2. The fourth-order valence-corrected chi connectivity index (χ4v) is 1.49. The molecule has 0 saturated heterocycles. The first kappa shape index (κ1) is 13.5. The van der Waals surface area contributed by atoms with Gasteiger partial charge in [-0.15, -0.1) is 0 Å². The van der Waals surface area contributed by atoms with Gasteiger partial charge in [0.15, 0.2) is 0 Å². The van der Waals surface area contributed by atoms with Crippen LogP contribution >= 0.6 is 15.9 Å². The predicted molar refractivity (Wildman–Crippen MR) is 65.2 cm³/mol. The number of methoxy groups -OCH3 is 1. The predicted octanol–water partition coefficient (Wildman–Crippen LogP) is 1.06. The van der Waals surface area contributed by atoms with Crippen LogP contribution in [-0.2, 0) is 9.53 Å². The van der Waals surface area contributed by atoms with Gasteiger partial charge in [0.2, 0.25) is 0 Å². The maximum Gasteiger partial charge on any atom is 0.321 e. The Labute approximate surface area is 107 Å². The van der Waals surface area contributed by atoms with Crippen LogP contribution in [0.3, 0.4) is 0 Å². The monoisotopic (exact) mass is 301 g/mol. The van der Waals surface area contributed by atoms with Crippen molar-refractivity contribution in [1.29, 1.82) is 0 Å². The highest BCUT2D eigenvalue weighted by molar-refractivity contribution is 9.10. The number of rotatable bonds is 4. The van der Waals surface area contributed by atoms with Gasteiger partial charge < -0.3 is 15.2 Å². The largest absolute Gasteiger partial charge is 0.508 e. The molecule has 0 bridgehead atoms. The van der Waals surface area contributed by atoms with E-state index < -0.39 is 10.8 Å². The number of carbonyl (C=O) groups excluding carboxylic acids is 2. The third-order valence-corrected chi connectivity index (χ3v) is 2.70. The highest BCUT2D eigenvalue weighted by Crippen LogP contribution is 2.10. The van der Waals surface area contributed by atoms with Crippen molar-refractivity contribution in [2.45, 2.75) is 4.83 Å². The smallest absolute Gasteiger partial charge is 0.321 e. The summed E-state index contributed by atoms with van der Waals surface area (Å²) in [6.07, 6.45) is 0. The highest BCUT2D eigenvalue weighted by Gasteiger charge is 2.16. The Kier molecular flexibility index (Phi) is 4.96. The van der Waals surface area contributed by atoms with Crippen molar-refractivity contribution in [1.82, 2.24) is 5.32 Å². The van der Waals surface area contributed by atoms with Crippen LogP contribution < -0.4 is 5.32 Å². The number of esters is 1. The number of hydrogen-bond acceptors (Lipinski definition) is 4. The molecule has 1 unspecified atom stereocenters. The van der Waals surface area contributed by atoms with Gasteiger partial charge in [0, 0.05) is 12.1 Å². The molecule has 0 aromatic heterocycles. The molecule has 1 amide bonds. The van der Waals surface area contributed by atoms with Gasteiger partial charge in [-0.3, -0.25) is 9.59 Å². The van der Waals surface area contributed by atoms with Crippen molar-refractivity contribution in [3.8, 4) is 5.75 Å². The Bertz CT molecular complexity index is 422. The number of phenols is 1. The molecule has 1 aromatic rings. The third-order valence-electron chi connectivity index (χ3n) is 2.01. The molecule has 0 aliphatic rings. The minimum atomic E-state index is -0.589. The molecule has 0 aliphatic heterocycles. The maximum absolute atomic E-state index is 11.6. The maximum atomic E-state index is 11.6. The number of amides is 1. The summed E-state index contributed by atoms with van der Waals surface area (Å²) in [4.78, 5) is 22.1.